The van der Waals surface area contributed by atoms with E-state index in [9.17, 15) is 0 Å². The number of guanidine groups is 1. The van der Waals surface area contributed by atoms with E-state index >= 15 is 0 Å². The van der Waals surface area contributed by atoms with Gasteiger partial charge in [0.25, 0.3) is 0 Å². The van der Waals surface area contributed by atoms with E-state index in [1.165, 1.54) is 5.56 Å². The number of aliphatic imine (C=N–C) groups is 1. The van der Waals surface area contributed by atoms with Gasteiger partial charge in [-0.05, 0) is 24.1 Å². The van der Waals surface area contributed by atoms with Crippen LogP contribution in [0.2, 0.25) is 0 Å². The van der Waals surface area contributed by atoms with E-state index < -0.39 is 0 Å². The summed E-state index contributed by atoms with van der Waals surface area (Å²) >= 11 is 0. The molecular formula is C10H14N4. The van der Waals surface area contributed by atoms with Crippen LogP contribution in [0.25, 0.3) is 0 Å². The molecule has 0 heterocycles. The maximum absolute atomic E-state index is 5.60. The molecule has 0 aliphatic heterocycles. The third-order valence-corrected chi connectivity index (χ3v) is 2.44. The molecule has 74 valence electrons. The fraction of sp³-hybridized carbons (Fsp3) is 0.300. The Morgan fingerprint density at radius 3 is 2.43 bits per heavy atom. The van der Waals surface area contributed by atoms with Crippen LogP contribution in [-0.4, -0.2) is 12.0 Å². The predicted octanol–water partition coefficient (Wildman–Crippen LogP) is 0.398. The number of nitrogens with zero attached hydrogens (tertiary/aromatic N) is 1. The quantitative estimate of drug-likeness (QED) is 0.358. The van der Waals surface area contributed by atoms with Crippen molar-refractivity contribution < 1.29 is 0 Å². The molecule has 4 heteroatoms. The topological polar surface area (TPSA) is 90.4 Å². The van der Waals surface area contributed by atoms with Crippen molar-refractivity contribution in [3.8, 4) is 0 Å². The molecule has 14 heavy (non-hydrogen) atoms. The summed E-state index contributed by atoms with van der Waals surface area (Å²) in [6.07, 6.45) is 1.03. The van der Waals surface area contributed by atoms with Gasteiger partial charge in [0.2, 0.25) is 0 Å². The molecule has 0 radical (unpaired) electrons. The van der Waals surface area contributed by atoms with Crippen LogP contribution in [0.1, 0.15) is 17.9 Å². The molecule has 1 aliphatic rings. The number of benzene rings is 1. The Hall–Kier alpha value is -1.71. The molecule has 0 aromatic heterocycles. The van der Waals surface area contributed by atoms with Gasteiger partial charge in [0, 0.05) is 11.6 Å². The van der Waals surface area contributed by atoms with Gasteiger partial charge in [0.1, 0.15) is 0 Å². The van der Waals surface area contributed by atoms with Crippen molar-refractivity contribution in [1.82, 2.24) is 0 Å². The van der Waals surface area contributed by atoms with Crippen molar-refractivity contribution in [1.29, 1.82) is 0 Å². The molecule has 0 spiro atoms. The molecule has 0 amide bonds. The van der Waals surface area contributed by atoms with E-state index in [1.807, 2.05) is 24.3 Å². The molecule has 0 bridgehead atoms. The number of nitrogens with two attached hydrogens (primary N) is 3. The number of hydrogen-bond acceptors (Lipinski definition) is 2. The highest BCUT2D eigenvalue weighted by atomic mass is 15.0. The van der Waals surface area contributed by atoms with Crippen molar-refractivity contribution in [2.24, 2.45) is 16.5 Å². The lowest BCUT2D eigenvalue weighted by molar-refractivity contribution is 0.982. The summed E-state index contributed by atoms with van der Waals surface area (Å²) in [7, 11) is 0. The summed E-state index contributed by atoms with van der Waals surface area (Å²) < 4.78 is 0. The summed E-state index contributed by atoms with van der Waals surface area (Å²) in [6, 6.07) is 8.13. The van der Waals surface area contributed by atoms with Gasteiger partial charge in [-0.25, -0.2) is 4.99 Å². The lowest BCUT2D eigenvalue weighted by atomic mass is 10.1. The van der Waals surface area contributed by atoms with E-state index in [-0.39, 0.29) is 12.0 Å². The minimum absolute atomic E-state index is 0.174. The average Bonchev–Trinajstić information content (AvgIpc) is 2.84. The van der Waals surface area contributed by atoms with Crippen LogP contribution in [-0.2, 0) is 0 Å². The third kappa shape index (κ3) is 1.79. The third-order valence-electron chi connectivity index (χ3n) is 2.44. The normalized spacial score (nSPS) is 24.3. The summed E-state index contributed by atoms with van der Waals surface area (Å²) in [4.78, 5) is 4.11. The van der Waals surface area contributed by atoms with Crippen LogP contribution in [0.3, 0.4) is 0 Å². The molecule has 6 N–H and O–H groups in total. The molecular weight excluding hydrogens is 176 g/mol. The Bertz CT molecular complexity index is 351. The van der Waals surface area contributed by atoms with E-state index in [0.29, 0.717) is 5.92 Å². The van der Waals surface area contributed by atoms with Gasteiger partial charge in [-0.1, -0.05) is 12.1 Å². The molecule has 2 rings (SSSR count). The molecule has 2 unspecified atom stereocenters. The number of anilines is 1. The highest BCUT2D eigenvalue weighted by molar-refractivity contribution is 5.76. The maximum atomic E-state index is 5.60. The Kier molecular flexibility index (Phi) is 2.04. The van der Waals surface area contributed by atoms with Gasteiger partial charge in [0.05, 0.1) is 6.04 Å². The number of nitrogen functional groups attached to an aromatic ring is 1. The Labute approximate surface area is 82.8 Å². The molecule has 1 saturated carbocycles. The van der Waals surface area contributed by atoms with Crippen LogP contribution >= 0.6 is 0 Å². The minimum atomic E-state index is 0.174. The maximum Gasteiger partial charge on any atom is 0.186 e. The van der Waals surface area contributed by atoms with Crippen molar-refractivity contribution >= 4 is 11.6 Å². The highest BCUT2D eigenvalue weighted by Gasteiger charge is 2.38. The van der Waals surface area contributed by atoms with Gasteiger partial charge < -0.3 is 17.2 Å². The molecule has 2 atom stereocenters. The number of hydrogen-bond donors (Lipinski definition) is 3. The second-order valence-electron chi connectivity index (χ2n) is 3.63. The fourth-order valence-corrected chi connectivity index (χ4v) is 1.62. The average molecular weight is 190 g/mol. The Balaban J connectivity index is 2.06. The van der Waals surface area contributed by atoms with Gasteiger partial charge in [0.15, 0.2) is 5.96 Å². The second kappa shape index (κ2) is 3.21. The summed E-state index contributed by atoms with van der Waals surface area (Å²) in [5, 5.41) is 0. The fourth-order valence-electron chi connectivity index (χ4n) is 1.62. The zero-order valence-electron chi connectivity index (χ0n) is 7.85. The summed E-state index contributed by atoms with van der Waals surface area (Å²) in [5.74, 6) is 0.644. The second-order valence-corrected chi connectivity index (χ2v) is 3.63. The first-order valence-electron chi connectivity index (χ1n) is 4.61. The molecule has 0 saturated heterocycles. The molecule has 1 aromatic carbocycles. The smallest absolute Gasteiger partial charge is 0.186 e. The van der Waals surface area contributed by atoms with Gasteiger partial charge >= 0.3 is 0 Å². The molecule has 1 aromatic rings. The van der Waals surface area contributed by atoms with Crippen LogP contribution in [0.5, 0.6) is 0 Å². The summed E-state index contributed by atoms with van der Waals surface area (Å²) in [5.41, 5.74) is 18.2. The predicted molar refractivity (Wildman–Crippen MR) is 57.8 cm³/mol. The van der Waals surface area contributed by atoms with Crippen molar-refractivity contribution in [2.75, 3.05) is 5.73 Å². The lowest BCUT2D eigenvalue weighted by Gasteiger charge is -1.98. The van der Waals surface area contributed by atoms with Gasteiger partial charge in [-0.2, -0.15) is 0 Å². The lowest BCUT2D eigenvalue weighted by Crippen LogP contribution is -2.23. The first kappa shape index (κ1) is 8.87. The SMILES string of the molecule is NC(N)=NC1CC1c1ccc(N)cc1. The van der Waals surface area contributed by atoms with E-state index in [4.69, 9.17) is 17.2 Å². The summed E-state index contributed by atoms with van der Waals surface area (Å²) in [6.45, 7) is 0. The number of rotatable bonds is 2. The zero-order chi connectivity index (χ0) is 10.1. The van der Waals surface area contributed by atoms with Crippen molar-refractivity contribution in [2.45, 2.75) is 18.4 Å². The monoisotopic (exact) mass is 190 g/mol. The Morgan fingerprint density at radius 1 is 1.21 bits per heavy atom. The zero-order valence-corrected chi connectivity index (χ0v) is 7.85. The van der Waals surface area contributed by atoms with Gasteiger partial charge in [-0.15, -0.1) is 0 Å². The first-order chi connectivity index (χ1) is 6.66. The Morgan fingerprint density at radius 2 is 1.86 bits per heavy atom. The van der Waals surface area contributed by atoms with E-state index in [2.05, 4.69) is 4.99 Å². The largest absolute Gasteiger partial charge is 0.399 e. The van der Waals surface area contributed by atoms with E-state index in [0.717, 1.165) is 12.1 Å². The van der Waals surface area contributed by atoms with E-state index in [1.54, 1.807) is 0 Å². The van der Waals surface area contributed by atoms with Crippen LogP contribution < -0.4 is 17.2 Å². The molecule has 1 aliphatic carbocycles. The van der Waals surface area contributed by atoms with Crippen molar-refractivity contribution in [3.05, 3.63) is 29.8 Å². The van der Waals surface area contributed by atoms with Crippen molar-refractivity contribution in [3.63, 3.8) is 0 Å². The molecule has 1 fully saturated rings. The van der Waals surface area contributed by atoms with Crippen LogP contribution in [0, 0.1) is 0 Å². The van der Waals surface area contributed by atoms with Crippen LogP contribution in [0.4, 0.5) is 5.69 Å². The highest BCUT2D eigenvalue weighted by Crippen LogP contribution is 2.43. The molecule has 4 nitrogen and oxygen atoms in total. The first-order valence-corrected chi connectivity index (χ1v) is 4.61. The van der Waals surface area contributed by atoms with Gasteiger partial charge in [-0.3, -0.25) is 0 Å². The standard InChI is InChI=1S/C10H14N4/c11-7-3-1-6(2-4-7)8-5-9(8)14-10(12)13/h1-4,8-9H,5,11H2,(H4,12,13,14). The minimum Gasteiger partial charge on any atom is -0.399 e. The van der Waals surface area contributed by atoms with Crippen LogP contribution in [0.15, 0.2) is 29.3 Å².